The van der Waals surface area contributed by atoms with Crippen LogP contribution in [-0.2, 0) is 4.79 Å². The summed E-state index contributed by atoms with van der Waals surface area (Å²) in [6.07, 6.45) is 1.48. The lowest BCUT2D eigenvalue weighted by atomic mass is 10.1. The van der Waals surface area contributed by atoms with E-state index in [0.717, 1.165) is 5.56 Å². The van der Waals surface area contributed by atoms with Crippen LogP contribution in [0.25, 0.3) is 6.08 Å². The van der Waals surface area contributed by atoms with Crippen LogP contribution in [0.2, 0.25) is 5.02 Å². The number of hydrogen-bond donors (Lipinski definition) is 1. The van der Waals surface area contributed by atoms with Crippen LogP contribution in [0.1, 0.15) is 11.1 Å². The molecule has 0 heterocycles. The topological polar surface area (TPSA) is 52.9 Å². The number of benzene rings is 2. The molecule has 2 rings (SSSR count). The standard InChI is InChI=1S/C17H13ClN2O/c1-12-6-8-15(9-7-12)20-17(21)14(11-19)10-13-4-2-3-5-16(13)18/h2-10H,1H3,(H,20,21)/b14-10-. The van der Waals surface area contributed by atoms with Gasteiger partial charge in [0.25, 0.3) is 5.91 Å². The van der Waals surface area contributed by atoms with E-state index in [0.29, 0.717) is 16.3 Å². The van der Waals surface area contributed by atoms with Crippen LogP contribution in [-0.4, -0.2) is 5.91 Å². The van der Waals surface area contributed by atoms with E-state index in [-0.39, 0.29) is 5.57 Å². The van der Waals surface area contributed by atoms with Crippen LogP contribution >= 0.6 is 11.6 Å². The lowest BCUT2D eigenvalue weighted by Crippen LogP contribution is -2.13. The Balaban J connectivity index is 2.22. The van der Waals surface area contributed by atoms with E-state index in [2.05, 4.69) is 5.32 Å². The summed E-state index contributed by atoms with van der Waals surface area (Å²) in [5.74, 6) is -0.457. The molecule has 0 aromatic heterocycles. The van der Waals surface area contributed by atoms with Gasteiger partial charge in [0.1, 0.15) is 11.6 Å². The van der Waals surface area contributed by atoms with E-state index in [1.54, 1.807) is 36.4 Å². The highest BCUT2D eigenvalue weighted by molar-refractivity contribution is 6.32. The van der Waals surface area contributed by atoms with E-state index in [4.69, 9.17) is 16.9 Å². The number of amides is 1. The van der Waals surface area contributed by atoms with Crippen molar-refractivity contribution in [3.8, 4) is 6.07 Å². The van der Waals surface area contributed by atoms with E-state index in [1.807, 2.05) is 25.1 Å². The number of halogens is 1. The highest BCUT2D eigenvalue weighted by atomic mass is 35.5. The maximum Gasteiger partial charge on any atom is 0.266 e. The van der Waals surface area contributed by atoms with Gasteiger partial charge in [-0.15, -0.1) is 0 Å². The first-order valence-electron chi connectivity index (χ1n) is 6.34. The predicted octanol–water partition coefficient (Wildman–Crippen LogP) is 4.19. The van der Waals surface area contributed by atoms with Gasteiger partial charge in [0.15, 0.2) is 0 Å². The molecule has 0 saturated carbocycles. The van der Waals surface area contributed by atoms with Gasteiger partial charge in [0.2, 0.25) is 0 Å². The van der Waals surface area contributed by atoms with Crippen molar-refractivity contribution >= 4 is 29.3 Å². The normalized spacial score (nSPS) is 10.8. The number of aryl methyl sites for hydroxylation is 1. The third kappa shape index (κ3) is 3.95. The molecule has 2 aromatic carbocycles. The van der Waals surface area contributed by atoms with Crippen LogP contribution < -0.4 is 5.32 Å². The summed E-state index contributed by atoms with van der Waals surface area (Å²) in [6.45, 7) is 1.96. The summed E-state index contributed by atoms with van der Waals surface area (Å²) >= 11 is 6.02. The van der Waals surface area contributed by atoms with Gasteiger partial charge in [-0.2, -0.15) is 5.26 Å². The van der Waals surface area contributed by atoms with Crippen molar-refractivity contribution in [2.45, 2.75) is 6.92 Å². The first-order chi connectivity index (χ1) is 10.1. The smallest absolute Gasteiger partial charge is 0.266 e. The van der Waals surface area contributed by atoms with Crippen molar-refractivity contribution in [3.63, 3.8) is 0 Å². The zero-order chi connectivity index (χ0) is 15.2. The van der Waals surface area contributed by atoms with Crippen molar-refractivity contribution in [3.05, 3.63) is 70.3 Å². The Bertz CT molecular complexity index is 727. The molecule has 3 nitrogen and oxygen atoms in total. The van der Waals surface area contributed by atoms with Gasteiger partial charge in [0, 0.05) is 10.7 Å². The molecule has 21 heavy (non-hydrogen) atoms. The zero-order valence-electron chi connectivity index (χ0n) is 11.4. The number of anilines is 1. The molecule has 104 valence electrons. The molecular weight excluding hydrogens is 284 g/mol. The first kappa shape index (κ1) is 14.8. The zero-order valence-corrected chi connectivity index (χ0v) is 12.2. The van der Waals surface area contributed by atoms with Crippen LogP contribution in [0.15, 0.2) is 54.1 Å². The molecule has 0 aliphatic rings. The van der Waals surface area contributed by atoms with Gasteiger partial charge >= 0.3 is 0 Å². The molecule has 1 N–H and O–H groups in total. The number of nitrogens with zero attached hydrogens (tertiary/aromatic N) is 1. The summed E-state index contributed by atoms with van der Waals surface area (Å²) in [5, 5.41) is 12.3. The molecule has 4 heteroatoms. The molecule has 0 saturated heterocycles. The fraction of sp³-hybridized carbons (Fsp3) is 0.0588. The second-order valence-corrected chi connectivity index (χ2v) is 4.92. The van der Waals surface area contributed by atoms with Gasteiger partial charge in [-0.3, -0.25) is 4.79 Å². The average molecular weight is 297 g/mol. The molecule has 0 fully saturated rings. The average Bonchev–Trinajstić information content (AvgIpc) is 2.48. The van der Waals surface area contributed by atoms with Gasteiger partial charge in [-0.1, -0.05) is 47.5 Å². The second-order valence-electron chi connectivity index (χ2n) is 4.51. The highest BCUT2D eigenvalue weighted by Gasteiger charge is 2.10. The number of rotatable bonds is 3. The van der Waals surface area contributed by atoms with Crippen LogP contribution in [0.5, 0.6) is 0 Å². The number of nitriles is 1. The first-order valence-corrected chi connectivity index (χ1v) is 6.72. The predicted molar refractivity (Wildman–Crippen MR) is 84.9 cm³/mol. The molecule has 0 spiro atoms. The van der Waals surface area contributed by atoms with Crippen LogP contribution in [0.3, 0.4) is 0 Å². The molecule has 0 bridgehead atoms. The van der Waals surface area contributed by atoms with Crippen molar-refractivity contribution in [1.82, 2.24) is 0 Å². The van der Waals surface area contributed by atoms with E-state index in [1.165, 1.54) is 6.08 Å². The number of carbonyl (C=O) groups excluding carboxylic acids is 1. The molecule has 2 aromatic rings. The molecule has 0 aliphatic heterocycles. The fourth-order valence-electron chi connectivity index (χ4n) is 1.73. The molecule has 0 atom stereocenters. The minimum Gasteiger partial charge on any atom is -0.321 e. The van der Waals surface area contributed by atoms with Crippen LogP contribution in [0.4, 0.5) is 5.69 Å². The van der Waals surface area contributed by atoms with Gasteiger partial charge in [0.05, 0.1) is 0 Å². The Labute approximate surface area is 128 Å². The maximum absolute atomic E-state index is 12.1. The Morgan fingerprint density at radius 3 is 2.48 bits per heavy atom. The Kier molecular flexibility index (Phi) is 4.76. The van der Waals surface area contributed by atoms with Crippen molar-refractivity contribution in [2.75, 3.05) is 5.32 Å². The summed E-state index contributed by atoms with van der Waals surface area (Å²) < 4.78 is 0. The lowest BCUT2D eigenvalue weighted by Gasteiger charge is -2.05. The number of nitrogens with one attached hydrogen (secondary N) is 1. The number of carbonyl (C=O) groups is 1. The molecule has 1 amide bonds. The molecule has 0 radical (unpaired) electrons. The third-order valence-corrected chi connectivity index (χ3v) is 3.22. The highest BCUT2D eigenvalue weighted by Crippen LogP contribution is 2.19. The van der Waals surface area contributed by atoms with Crippen LogP contribution in [0, 0.1) is 18.3 Å². The summed E-state index contributed by atoms with van der Waals surface area (Å²) in [7, 11) is 0. The molecule has 0 aliphatic carbocycles. The lowest BCUT2D eigenvalue weighted by molar-refractivity contribution is -0.112. The SMILES string of the molecule is Cc1ccc(NC(=O)/C(C#N)=C\c2ccccc2Cl)cc1. The van der Waals surface area contributed by atoms with Crippen molar-refractivity contribution < 1.29 is 4.79 Å². The van der Waals surface area contributed by atoms with E-state index >= 15 is 0 Å². The Morgan fingerprint density at radius 2 is 1.86 bits per heavy atom. The molecular formula is C17H13ClN2O. The molecule has 0 unspecified atom stereocenters. The van der Waals surface area contributed by atoms with Gasteiger partial charge in [-0.05, 0) is 36.8 Å². The minimum atomic E-state index is -0.457. The summed E-state index contributed by atoms with van der Waals surface area (Å²) in [6, 6.07) is 16.3. The van der Waals surface area contributed by atoms with E-state index < -0.39 is 5.91 Å². The van der Waals surface area contributed by atoms with E-state index in [9.17, 15) is 4.79 Å². The number of hydrogen-bond acceptors (Lipinski definition) is 2. The Hall–Kier alpha value is -2.57. The Morgan fingerprint density at radius 1 is 1.19 bits per heavy atom. The quantitative estimate of drug-likeness (QED) is 0.682. The van der Waals surface area contributed by atoms with Gasteiger partial charge in [-0.25, -0.2) is 0 Å². The van der Waals surface area contributed by atoms with Crippen molar-refractivity contribution in [1.29, 1.82) is 5.26 Å². The fourth-order valence-corrected chi connectivity index (χ4v) is 1.92. The second kappa shape index (κ2) is 6.74. The third-order valence-electron chi connectivity index (χ3n) is 2.88. The van der Waals surface area contributed by atoms with Gasteiger partial charge < -0.3 is 5.32 Å². The monoisotopic (exact) mass is 296 g/mol. The summed E-state index contributed by atoms with van der Waals surface area (Å²) in [4.78, 5) is 12.1. The van der Waals surface area contributed by atoms with Crippen molar-refractivity contribution in [2.24, 2.45) is 0 Å². The summed E-state index contributed by atoms with van der Waals surface area (Å²) in [5.41, 5.74) is 2.38. The maximum atomic E-state index is 12.1. The largest absolute Gasteiger partial charge is 0.321 e. The minimum absolute atomic E-state index is 0.00340.